The van der Waals surface area contributed by atoms with Crippen molar-refractivity contribution >= 4 is 40.3 Å². The summed E-state index contributed by atoms with van der Waals surface area (Å²) in [7, 11) is 1.56. The highest BCUT2D eigenvalue weighted by atomic mass is 35.5. The monoisotopic (exact) mass is 595 g/mol. The molecule has 11 heteroatoms. The van der Waals surface area contributed by atoms with E-state index in [0.717, 1.165) is 36.6 Å². The minimum absolute atomic E-state index is 0.0380. The van der Waals surface area contributed by atoms with Gasteiger partial charge in [-0.25, -0.2) is 14.8 Å². The smallest absolute Gasteiger partial charge is 0.407 e. The van der Waals surface area contributed by atoms with Gasteiger partial charge in [-0.2, -0.15) is 0 Å². The number of amides is 2. The van der Waals surface area contributed by atoms with E-state index >= 15 is 0 Å². The zero-order valence-electron chi connectivity index (χ0n) is 24.1. The van der Waals surface area contributed by atoms with E-state index in [0.29, 0.717) is 68.2 Å². The van der Waals surface area contributed by atoms with E-state index in [1.54, 1.807) is 7.11 Å². The molecule has 1 aliphatic heterocycles. The van der Waals surface area contributed by atoms with Gasteiger partial charge in [-0.1, -0.05) is 49.6 Å². The number of carbonyl (C=O) groups is 3. The van der Waals surface area contributed by atoms with Crippen molar-refractivity contribution in [1.29, 1.82) is 0 Å². The number of para-hydroxylation sites is 1. The number of unbranched alkanes of at least 4 members (excludes halogenated alkanes) is 2. The molecule has 3 heterocycles. The Labute approximate surface area is 250 Å². The van der Waals surface area contributed by atoms with Crippen LogP contribution in [0.15, 0.2) is 30.3 Å². The van der Waals surface area contributed by atoms with Crippen LogP contribution in [0.5, 0.6) is 5.88 Å². The number of piperidine rings is 1. The second-order valence-electron chi connectivity index (χ2n) is 11.5. The molecule has 2 amide bonds. The quantitative estimate of drug-likeness (QED) is 0.213. The van der Waals surface area contributed by atoms with Gasteiger partial charge in [0.15, 0.2) is 5.15 Å². The number of nitrogens with zero attached hydrogens (tertiary/aromatic N) is 3. The highest BCUT2D eigenvalue weighted by Gasteiger charge is 2.59. The van der Waals surface area contributed by atoms with Crippen molar-refractivity contribution in [3.63, 3.8) is 0 Å². The molecule has 3 aromatic rings. The number of aromatic amines is 1. The number of hydrogen-bond donors (Lipinski definition) is 3. The number of Topliss-reactive ketones (excluding diaryl/α,β-unsaturated/α-hetero) is 1. The van der Waals surface area contributed by atoms with Crippen LogP contribution in [0.4, 0.5) is 4.79 Å². The molecule has 1 aromatic carbocycles. The number of carbonyl (C=O) groups excluding carboxylic acids is 2. The minimum atomic E-state index is -0.907. The Morgan fingerprint density at radius 1 is 1.19 bits per heavy atom. The first-order chi connectivity index (χ1) is 20.2. The Morgan fingerprint density at radius 2 is 1.95 bits per heavy atom. The molecule has 1 spiro atoms. The molecular weight excluding hydrogens is 558 g/mol. The first-order valence-electron chi connectivity index (χ1n) is 14.7. The normalized spacial score (nSPS) is 18.2. The molecule has 42 heavy (non-hydrogen) atoms. The topological polar surface area (TPSA) is 138 Å². The van der Waals surface area contributed by atoms with Crippen molar-refractivity contribution in [2.24, 2.45) is 11.3 Å². The first kappa shape index (κ1) is 29.8. The number of H-pyrrole nitrogens is 1. The van der Waals surface area contributed by atoms with Crippen molar-refractivity contribution in [3.8, 4) is 17.1 Å². The molecule has 2 aromatic heterocycles. The fourth-order valence-electron chi connectivity index (χ4n) is 6.13. The number of ether oxygens (including phenoxy) is 1. The molecule has 1 aliphatic carbocycles. The van der Waals surface area contributed by atoms with Gasteiger partial charge in [0.25, 0.3) is 0 Å². The van der Waals surface area contributed by atoms with Gasteiger partial charge in [-0.15, -0.1) is 0 Å². The fourth-order valence-corrected chi connectivity index (χ4v) is 6.37. The Morgan fingerprint density at radius 3 is 2.67 bits per heavy atom. The molecule has 1 unspecified atom stereocenters. The van der Waals surface area contributed by atoms with Crippen molar-refractivity contribution in [2.45, 2.75) is 70.8 Å². The molecule has 3 N–H and O–H groups in total. The van der Waals surface area contributed by atoms with Crippen LogP contribution in [-0.4, -0.2) is 62.9 Å². The number of ketones is 1. The van der Waals surface area contributed by atoms with Gasteiger partial charge in [-0.3, -0.25) is 9.59 Å². The van der Waals surface area contributed by atoms with Crippen LogP contribution in [0.1, 0.15) is 76.6 Å². The fraction of sp³-hybridized carbons (Fsp3) is 0.516. The van der Waals surface area contributed by atoms with Crippen molar-refractivity contribution in [2.75, 3.05) is 20.2 Å². The molecule has 2 aliphatic rings. The molecule has 224 valence electrons. The first-order valence-corrected chi connectivity index (χ1v) is 15.1. The zero-order chi connectivity index (χ0) is 29.9. The summed E-state index contributed by atoms with van der Waals surface area (Å²) in [5, 5.41) is 13.7. The lowest BCUT2D eigenvalue weighted by atomic mass is 9.90. The number of pyridine rings is 1. The number of rotatable bonds is 12. The number of methoxy groups -OCH3 is 1. The summed E-state index contributed by atoms with van der Waals surface area (Å²) in [6, 6.07) is 9.30. The molecule has 1 saturated carbocycles. The summed E-state index contributed by atoms with van der Waals surface area (Å²) >= 11 is 6.68. The maximum Gasteiger partial charge on any atom is 0.407 e. The van der Waals surface area contributed by atoms with Crippen LogP contribution in [0.3, 0.4) is 0 Å². The Balaban J connectivity index is 1.34. The number of likely N-dealkylation sites (tertiary alicyclic amines) is 1. The summed E-state index contributed by atoms with van der Waals surface area (Å²) in [6.07, 6.45) is 5.47. The highest BCUT2D eigenvalue weighted by molar-refractivity contribution is 6.32. The number of hydrogen-bond acceptors (Lipinski definition) is 6. The van der Waals surface area contributed by atoms with Gasteiger partial charge in [0.2, 0.25) is 11.8 Å². The SMILES string of the molecule is CCC(=O)CCCCC[C@H](NC(=O)C1CC12CCN(C(=O)O)CC2)c1nc(Cl)c(-c2cc3ccccc3nc2OC)[nH]1. The molecule has 1 saturated heterocycles. The predicted octanol–water partition coefficient (Wildman–Crippen LogP) is 6.15. The van der Waals surface area contributed by atoms with Gasteiger partial charge < -0.3 is 25.0 Å². The van der Waals surface area contributed by atoms with E-state index in [-0.39, 0.29) is 28.2 Å². The third kappa shape index (κ3) is 6.38. The van der Waals surface area contributed by atoms with Crippen molar-refractivity contribution in [1.82, 2.24) is 25.2 Å². The van der Waals surface area contributed by atoms with Crippen molar-refractivity contribution in [3.05, 3.63) is 41.3 Å². The van der Waals surface area contributed by atoms with Gasteiger partial charge in [0.1, 0.15) is 11.6 Å². The summed E-state index contributed by atoms with van der Waals surface area (Å²) in [5.74, 6) is 1.04. The van der Waals surface area contributed by atoms with E-state index in [9.17, 15) is 19.5 Å². The van der Waals surface area contributed by atoms with Gasteiger partial charge in [0, 0.05) is 37.2 Å². The minimum Gasteiger partial charge on any atom is -0.480 e. The van der Waals surface area contributed by atoms with Gasteiger partial charge >= 0.3 is 6.09 Å². The zero-order valence-corrected chi connectivity index (χ0v) is 24.9. The van der Waals surface area contributed by atoms with E-state index in [1.165, 1.54) is 4.90 Å². The molecular formula is C31H38ClN5O5. The highest BCUT2D eigenvalue weighted by Crippen LogP contribution is 2.59. The predicted molar refractivity (Wildman–Crippen MR) is 160 cm³/mol. The third-order valence-corrected chi connectivity index (χ3v) is 9.13. The van der Waals surface area contributed by atoms with Crippen LogP contribution in [0.2, 0.25) is 5.15 Å². The molecule has 0 radical (unpaired) electrons. The molecule has 5 rings (SSSR count). The summed E-state index contributed by atoms with van der Waals surface area (Å²) in [6.45, 7) is 2.79. The maximum atomic E-state index is 13.5. The van der Waals surface area contributed by atoms with E-state index in [4.69, 9.17) is 16.3 Å². The summed E-state index contributed by atoms with van der Waals surface area (Å²) < 4.78 is 5.59. The number of imidazole rings is 1. The summed E-state index contributed by atoms with van der Waals surface area (Å²) in [4.78, 5) is 50.6. The Kier molecular flexibility index (Phi) is 9.01. The average molecular weight is 596 g/mol. The van der Waals surface area contributed by atoms with E-state index < -0.39 is 12.1 Å². The molecule has 2 atom stereocenters. The average Bonchev–Trinajstić information content (AvgIpc) is 3.55. The second kappa shape index (κ2) is 12.7. The Bertz CT molecular complexity index is 1470. The number of benzene rings is 1. The standard InChI is InChI=1S/C31H38ClN5O5/c1-3-20(38)10-5-4-6-12-24(33-28(39)22-18-31(22)13-15-37(16-14-31)30(40)41)27-35-25(26(32)36-27)21-17-19-9-7-8-11-23(19)34-29(21)42-2/h7-9,11,17,22,24H,3-6,10,12-16,18H2,1-2H3,(H,33,39)(H,35,36)(H,40,41)/t22?,24-/m0/s1. The van der Waals surface area contributed by atoms with Crippen LogP contribution in [0.25, 0.3) is 22.2 Å². The van der Waals surface area contributed by atoms with Crippen LogP contribution in [0, 0.1) is 11.3 Å². The van der Waals surface area contributed by atoms with Crippen LogP contribution >= 0.6 is 11.6 Å². The van der Waals surface area contributed by atoms with Crippen LogP contribution in [-0.2, 0) is 9.59 Å². The second-order valence-corrected chi connectivity index (χ2v) is 11.8. The summed E-state index contributed by atoms with van der Waals surface area (Å²) in [5.41, 5.74) is 1.91. The number of nitrogens with one attached hydrogen (secondary N) is 2. The van der Waals surface area contributed by atoms with Gasteiger partial charge in [-0.05, 0) is 49.7 Å². The molecule has 0 bridgehead atoms. The number of carboxylic acid groups (broad SMARTS) is 1. The number of halogens is 1. The lowest BCUT2D eigenvalue weighted by molar-refractivity contribution is -0.124. The third-order valence-electron chi connectivity index (χ3n) is 8.85. The largest absolute Gasteiger partial charge is 0.480 e. The molecule has 2 fully saturated rings. The number of aromatic nitrogens is 3. The van der Waals surface area contributed by atoms with E-state index in [1.807, 2.05) is 37.3 Å². The molecule has 10 nitrogen and oxygen atoms in total. The van der Waals surface area contributed by atoms with Gasteiger partial charge in [0.05, 0.1) is 29.9 Å². The lowest BCUT2D eigenvalue weighted by Crippen LogP contribution is -2.40. The maximum absolute atomic E-state index is 13.5. The van der Waals surface area contributed by atoms with Crippen molar-refractivity contribution < 1.29 is 24.2 Å². The lowest BCUT2D eigenvalue weighted by Gasteiger charge is -2.31. The Hall–Kier alpha value is -3.66. The number of fused-ring (bicyclic) bond motifs is 1. The van der Waals surface area contributed by atoms with E-state index in [2.05, 4.69) is 20.3 Å². The van der Waals surface area contributed by atoms with Crippen LogP contribution < -0.4 is 10.1 Å².